The van der Waals surface area contributed by atoms with Crippen LogP contribution in [0.5, 0.6) is 23.1 Å². The molecule has 2 aromatic heterocycles. The van der Waals surface area contributed by atoms with E-state index in [0.717, 1.165) is 12.1 Å². The number of hydrogen-bond acceptors (Lipinski definition) is 9. The van der Waals surface area contributed by atoms with Gasteiger partial charge in [-0.15, -0.1) is 13.2 Å². The minimum atomic E-state index is -4.77. The third kappa shape index (κ3) is 8.99. The number of methoxy groups -OCH3 is 1. The normalized spacial score (nSPS) is 16.6. The highest BCUT2D eigenvalue weighted by Crippen LogP contribution is 2.25. The number of nitrogens with one attached hydrogen (secondary N) is 1. The smallest absolute Gasteiger partial charge is 0.492 e. The first-order valence-electron chi connectivity index (χ1n) is 12.4. The quantitative estimate of drug-likeness (QED) is 0.345. The predicted octanol–water partition coefficient (Wildman–Crippen LogP) is 2.90. The van der Waals surface area contributed by atoms with Crippen molar-refractivity contribution in [3.8, 4) is 23.1 Å². The van der Waals surface area contributed by atoms with Gasteiger partial charge in [0.1, 0.15) is 42.6 Å². The summed E-state index contributed by atoms with van der Waals surface area (Å²) < 4.78 is 63.9. The number of pyridine rings is 1. The first kappa shape index (κ1) is 29.5. The minimum absolute atomic E-state index is 0.0823. The summed E-state index contributed by atoms with van der Waals surface area (Å²) in [5.41, 5.74) is 0.401. The van der Waals surface area contributed by atoms with E-state index in [2.05, 4.69) is 20.1 Å². The third-order valence-electron chi connectivity index (χ3n) is 5.85. The van der Waals surface area contributed by atoms with Crippen LogP contribution in [0.15, 0.2) is 55.0 Å². The number of hydrogen-bond donors (Lipinski definition) is 1. The van der Waals surface area contributed by atoms with E-state index in [9.17, 15) is 22.8 Å². The van der Waals surface area contributed by atoms with Gasteiger partial charge in [-0.1, -0.05) is 0 Å². The molecule has 1 saturated heterocycles. The van der Waals surface area contributed by atoms with Crippen molar-refractivity contribution in [1.82, 2.24) is 19.7 Å². The molecule has 4 rings (SSSR count). The summed E-state index contributed by atoms with van der Waals surface area (Å²) in [6.07, 6.45) is -0.948. The third-order valence-corrected chi connectivity index (χ3v) is 5.85. The van der Waals surface area contributed by atoms with Gasteiger partial charge in [-0.25, -0.2) is 4.98 Å². The molecule has 0 unspecified atom stereocenters. The van der Waals surface area contributed by atoms with Crippen LogP contribution in [0, 0.1) is 0 Å². The van der Waals surface area contributed by atoms with Gasteiger partial charge in [0.15, 0.2) is 0 Å². The fourth-order valence-corrected chi connectivity index (χ4v) is 3.79. The lowest BCUT2D eigenvalue weighted by Gasteiger charge is -2.17. The van der Waals surface area contributed by atoms with Gasteiger partial charge in [0.2, 0.25) is 11.8 Å². The van der Waals surface area contributed by atoms with E-state index in [1.165, 1.54) is 41.2 Å². The molecule has 1 aliphatic heterocycles. The van der Waals surface area contributed by atoms with E-state index in [1.807, 2.05) is 0 Å². The van der Waals surface area contributed by atoms with Crippen molar-refractivity contribution in [2.75, 3.05) is 39.2 Å². The number of carbonyl (C=O) groups is 2. The number of ether oxygens (including phenoxy) is 5. The van der Waals surface area contributed by atoms with Crippen molar-refractivity contribution >= 4 is 17.5 Å². The molecule has 2 amide bonds. The van der Waals surface area contributed by atoms with Gasteiger partial charge >= 0.3 is 6.36 Å². The van der Waals surface area contributed by atoms with Crippen LogP contribution in [-0.2, 0) is 20.9 Å². The van der Waals surface area contributed by atoms with Crippen LogP contribution in [0.3, 0.4) is 0 Å². The zero-order valence-corrected chi connectivity index (χ0v) is 22.2. The highest BCUT2D eigenvalue weighted by atomic mass is 19.4. The van der Waals surface area contributed by atoms with E-state index < -0.39 is 12.5 Å². The maximum atomic E-state index is 12.7. The van der Waals surface area contributed by atoms with Gasteiger partial charge in [-0.3, -0.25) is 14.3 Å². The van der Waals surface area contributed by atoms with Gasteiger partial charge < -0.3 is 33.9 Å². The molecule has 220 valence electrons. The van der Waals surface area contributed by atoms with E-state index in [4.69, 9.17) is 18.9 Å². The Balaban J connectivity index is 1.17. The highest BCUT2D eigenvalue weighted by Gasteiger charge is 2.33. The number of aromatic nitrogens is 3. The Hall–Kier alpha value is -4.53. The Morgan fingerprint density at radius 1 is 1.17 bits per heavy atom. The molecule has 1 fully saturated rings. The number of rotatable bonds is 12. The van der Waals surface area contributed by atoms with Crippen LogP contribution >= 0.6 is 0 Å². The molecular weight excluding hydrogens is 551 g/mol. The maximum Gasteiger partial charge on any atom is 0.573 e. The van der Waals surface area contributed by atoms with E-state index in [-0.39, 0.29) is 50.0 Å². The van der Waals surface area contributed by atoms with Crippen LogP contribution in [0.4, 0.5) is 18.9 Å². The SMILES string of the molecule is COc1cc(O[C@@H]2CO[C@@H](C(=O)Nc3cnn(CC(=O)N(C)CCOc4ccc(OC(F)(F)F)cc4)c3)C2)ccn1. The summed E-state index contributed by atoms with van der Waals surface area (Å²) in [6.45, 7) is 0.493. The van der Waals surface area contributed by atoms with Gasteiger partial charge in [-0.05, 0) is 30.3 Å². The number of amides is 2. The van der Waals surface area contributed by atoms with Crippen LogP contribution in [0.2, 0.25) is 0 Å². The number of anilines is 1. The van der Waals surface area contributed by atoms with Gasteiger partial charge in [-0.2, -0.15) is 5.10 Å². The number of alkyl halides is 3. The Bertz CT molecular complexity index is 1320. The molecule has 1 aromatic carbocycles. The minimum Gasteiger partial charge on any atom is -0.492 e. The molecule has 0 radical (unpaired) electrons. The van der Waals surface area contributed by atoms with Crippen molar-refractivity contribution in [2.24, 2.45) is 0 Å². The lowest BCUT2D eigenvalue weighted by atomic mass is 10.2. The molecule has 0 bridgehead atoms. The molecule has 2 atom stereocenters. The largest absolute Gasteiger partial charge is 0.573 e. The standard InChI is InChI=1S/C26H28F3N5O7/c1-33(9-10-38-18-3-5-19(6-4-18)41-26(27,28)29)24(35)15-34-14-17(13-31-34)32-25(36)22-11-21(16-39-22)40-20-7-8-30-23(12-20)37-2/h3-8,12-14,21-22H,9-11,15-16H2,1-2H3,(H,32,36)/t21-,22+/m0/s1. The number of benzene rings is 1. The fourth-order valence-electron chi connectivity index (χ4n) is 3.79. The molecule has 0 aliphatic carbocycles. The molecular formula is C26H28F3N5O7. The molecule has 0 spiro atoms. The first-order valence-corrected chi connectivity index (χ1v) is 12.4. The average Bonchev–Trinajstić information content (AvgIpc) is 3.58. The summed E-state index contributed by atoms with van der Waals surface area (Å²) in [4.78, 5) is 30.7. The number of likely N-dealkylation sites (N-methyl/N-ethyl adjacent to an activating group) is 1. The molecule has 3 heterocycles. The number of halogens is 3. The average molecular weight is 580 g/mol. The van der Waals surface area contributed by atoms with E-state index >= 15 is 0 Å². The summed E-state index contributed by atoms with van der Waals surface area (Å²) in [5, 5.41) is 6.84. The van der Waals surface area contributed by atoms with Crippen molar-refractivity contribution in [2.45, 2.75) is 31.5 Å². The molecule has 0 saturated carbocycles. The Morgan fingerprint density at radius 3 is 2.66 bits per heavy atom. The van der Waals surface area contributed by atoms with Crippen molar-refractivity contribution in [1.29, 1.82) is 0 Å². The van der Waals surface area contributed by atoms with Crippen molar-refractivity contribution < 1.29 is 46.4 Å². The molecule has 1 aliphatic rings. The first-order chi connectivity index (χ1) is 19.6. The lowest BCUT2D eigenvalue weighted by Crippen LogP contribution is -2.33. The van der Waals surface area contributed by atoms with Crippen LogP contribution in [-0.4, -0.2) is 84.0 Å². The van der Waals surface area contributed by atoms with E-state index in [0.29, 0.717) is 29.5 Å². The van der Waals surface area contributed by atoms with Gasteiger partial charge in [0.05, 0.1) is 32.1 Å². The summed E-state index contributed by atoms with van der Waals surface area (Å²) in [6, 6.07) is 8.28. The predicted molar refractivity (Wildman–Crippen MR) is 137 cm³/mol. The second-order valence-corrected chi connectivity index (χ2v) is 8.93. The number of carbonyl (C=O) groups excluding carboxylic acids is 2. The zero-order valence-electron chi connectivity index (χ0n) is 22.2. The van der Waals surface area contributed by atoms with Crippen LogP contribution in [0.25, 0.3) is 0 Å². The van der Waals surface area contributed by atoms with Crippen molar-refractivity contribution in [3.63, 3.8) is 0 Å². The lowest BCUT2D eigenvalue weighted by molar-refractivity contribution is -0.274. The summed E-state index contributed by atoms with van der Waals surface area (Å²) in [7, 11) is 3.09. The molecule has 3 aromatic rings. The van der Waals surface area contributed by atoms with Gasteiger partial charge in [0, 0.05) is 31.9 Å². The number of nitrogens with zero attached hydrogens (tertiary/aromatic N) is 4. The van der Waals surface area contributed by atoms with Gasteiger partial charge in [0.25, 0.3) is 5.91 Å². The Morgan fingerprint density at radius 2 is 1.93 bits per heavy atom. The molecule has 15 heteroatoms. The topological polar surface area (TPSA) is 126 Å². The molecule has 1 N–H and O–H groups in total. The second-order valence-electron chi connectivity index (χ2n) is 8.93. The monoisotopic (exact) mass is 579 g/mol. The molecule has 12 nitrogen and oxygen atoms in total. The maximum absolute atomic E-state index is 12.7. The zero-order chi connectivity index (χ0) is 29.4. The summed E-state index contributed by atoms with van der Waals surface area (Å²) >= 11 is 0. The summed E-state index contributed by atoms with van der Waals surface area (Å²) in [5.74, 6) is 0.315. The molecule has 41 heavy (non-hydrogen) atoms. The van der Waals surface area contributed by atoms with Crippen LogP contribution < -0.4 is 24.3 Å². The fraction of sp³-hybridized carbons (Fsp3) is 0.385. The Labute approximate surface area is 232 Å². The Kier molecular flexibility index (Phi) is 9.49. The highest BCUT2D eigenvalue weighted by molar-refractivity contribution is 5.94. The van der Waals surface area contributed by atoms with E-state index in [1.54, 1.807) is 25.4 Å². The van der Waals surface area contributed by atoms with Crippen molar-refractivity contribution in [3.05, 3.63) is 55.0 Å². The van der Waals surface area contributed by atoms with Crippen LogP contribution in [0.1, 0.15) is 6.42 Å². The second kappa shape index (κ2) is 13.2.